The second-order valence-electron chi connectivity index (χ2n) is 9.10. The van der Waals surface area contributed by atoms with E-state index in [1.165, 1.54) is 6.20 Å². The van der Waals surface area contributed by atoms with Gasteiger partial charge in [-0.3, -0.25) is 9.59 Å². The number of methoxy groups -OCH3 is 1. The van der Waals surface area contributed by atoms with Crippen LogP contribution in [0.1, 0.15) is 44.0 Å². The Morgan fingerprint density at radius 3 is 2.50 bits per heavy atom. The minimum atomic E-state index is -0.664. The molecule has 1 aliphatic carbocycles. The Hall–Kier alpha value is -3.62. The van der Waals surface area contributed by atoms with Gasteiger partial charge in [0.25, 0.3) is 5.91 Å². The molecule has 0 spiro atoms. The van der Waals surface area contributed by atoms with Crippen LogP contribution < -0.4 is 21.5 Å². The summed E-state index contributed by atoms with van der Waals surface area (Å²) >= 11 is 0. The van der Waals surface area contributed by atoms with Gasteiger partial charge in [-0.05, 0) is 30.4 Å². The van der Waals surface area contributed by atoms with Gasteiger partial charge in [-0.2, -0.15) is 5.10 Å². The predicted octanol–water partition coefficient (Wildman–Crippen LogP) is 2.60. The number of pyridine rings is 1. The van der Waals surface area contributed by atoms with Crippen LogP contribution in [0, 0.1) is 10.8 Å². The maximum atomic E-state index is 12.2. The smallest absolute Gasteiger partial charge is 0.252 e. The molecule has 168 valence electrons. The molecule has 1 fully saturated rings. The van der Waals surface area contributed by atoms with Crippen LogP contribution in [-0.2, 0) is 4.79 Å². The lowest BCUT2D eigenvalue weighted by molar-refractivity contribution is -0.131. The van der Waals surface area contributed by atoms with E-state index < -0.39 is 16.7 Å². The number of amides is 2. The van der Waals surface area contributed by atoms with Gasteiger partial charge in [0.15, 0.2) is 0 Å². The normalized spacial score (nSPS) is 22.1. The minimum absolute atomic E-state index is 0.0923. The molecule has 0 bridgehead atoms. The molecule has 0 aliphatic heterocycles. The summed E-state index contributed by atoms with van der Waals surface area (Å²) in [5.74, 6) is -0.376. The van der Waals surface area contributed by atoms with Gasteiger partial charge in [0.05, 0.1) is 35.5 Å². The lowest BCUT2D eigenvalue weighted by Gasteiger charge is -2.40. The summed E-state index contributed by atoms with van der Waals surface area (Å²) in [5, 5.41) is 7.88. The van der Waals surface area contributed by atoms with Crippen LogP contribution >= 0.6 is 0 Å². The van der Waals surface area contributed by atoms with Gasteiger partial charge >= 0.3 is 0 Å². The van der Waals surface area contributed by atoms with Crippen LogP contribution in [0.25, 0.3) is 16.6 Å². The standard InChI is InChI=1S/C23H28N6O3/c1-22(2)17(7-8-23(22,3)21(25)31)28-19-15(20(24)30)11-27-29-12-14(9-16(19)29)13-5-6-18(32-4)26-10-13/h5-6,9-12,17,28H,7-8H2,1-4H3,(H2,24,30)(H2,25,31)/t17-,23-/m1/s1. The van der Waals surface area contributed by atoms with Crippen molar-refractivity contribution >= 4 is 23.0 Å². The molecule has 0 saturated heterocycles. The van der Waals surface area contributed by atoms with E-state index in [1.807, 2.05) is 39.1 Å². The zero-order valence-corrected chi connectivity index (χ0v) is 18.7. The van der Waals surface area contributed by atoms with Crippen molar-refractivity contribution in [1.29, 1.82) is 0 Å². The second-order valence-corrected chi connectivity index (χ2v) is 9.10. The number of carbonyl (C=O) groups is 2. The highest BCUT2D eigenvalue weighted by molar-refractivity contribution is 6.02. The third-order valence-electron chi connectivity index (χ3n) is 7.27. The molecule has 0 aromatic carbocycles. The molecular formula is C23H28N6O3. The molecule has 2 amide bonds. The third-order valence-corrected chi connectivity index (χ3v) is 7.27. The number of carbonyl (C=O) groups excluding carboxylic acids is 2. The van der Waals surface area contributed by atoms with E-state index in [2.05, 4.69) is 15.4 Å². The molecule has 9 nitrogen and oxygen atoms in total. The van der Waals surface area contributed by atoms with Crippen molar-refractivity contribution in [3.63, 3.8) is 0 Å². The zero-order valence-electron chi connectivity index (χ0n) is 18.7. The number of ether oxygens (including phenoxy) is 1. The van der Waals surface area contributed by atoms with E-state index in [1.54, 1.807) is 23.9 Å². The van der Waals surface area contributed by atoms with Crippen molar-refractivity contribution < 1.29 is 14.3 Å². The van der Waals surface area contributed by atoms with Gasteiger partial charge < -0.3 is 21.5 Å². The van der Waals surface area contributed by atoms with Crippen molar-refractivity contribution in [1.82, 2.24) is 14.6 Å². The Morgan fingerprint density at radius 1 is 1.19 bits per heavy atom. The quantitative estimate of drug-likeness (QED) is 0.543. The van der Waals surface area contributed by atoms with Crippen LogP contribution in [0.4, 0.5) is 5.69 Å². The first-order chi connectivity index (χ1) is 15.1. The molecule has 0 unspecified atom stereocenters. The van der Waals surface area contributed by atoms with Crippen LogP contribution in [0.2, 0.25) is 0 Å². The predicted molar refractivity (Wildman–Crippen MR) is 121 cm³/mol. The fraction of sp³-hybridized carbons (Fsp3) is 0.391. The number of fused-ring (bicyclic) bond motifs is 1. The first-order valence-corrected chi connectivity index (χ1v) is 10.5. The lowest BCUT2D eigenvalue weighted by atomic mass is 9.67. The summed E-state index contributed by atoms with van der Waals surface area (Å²) in [7, 11) is 1.57. The molecule has 3 heterocycles. The molecule has 0 radical (unpaired) electrons. The van der Waals surface area contributed by atoms with Crippen LogP contribution in [0.15, 0.2) is 36.8 Å². The number of hydrogen-bond donors (Lipinski definition) is 3. The number of anilines is 1. The summed E-state index contributed by atoms with van der Waals surface area (Å²) in [6.07, 6.45) is 6.43. The number of rotatable bonds is 6. The van der Waals surface area contributed by atoms with Crippen LogP contribution in [0.3, 0.4) is 0 Å². The molecule has 1 aliphatic rings. The van der Waals surface area contributed by atoms with E-state index >= 15 is 0 Å². The Morgan fingerprint density at radius 2 is 1.94 bits per heavy atom. The topological polar surface area (TPSA) is 138 Å². The Labute approximate surface area is 186 Å². The van der Waals surface area contributed by atoms with Crippen molar-refractivity contribution in [2.45, 2.75) is 39.7 Å². The fourth-order valence-electron chi connectivity index (χ4n) is 4.59. The van der Waals surface area contributed by atoms with Crippen molar-refractivity contribution in [2.75, 3.05) is 12.4 Å². The fourth-order valence-corrected chi connectivity index (χ4v) is 4.59. The van der Waals surface area contributed by atoms with Gasteiger partial charge in [-0.1, -0.05) is 20.8 Å². The summed E-state index contributed by atoms with van der Waals surface area (Å²) in [4.78, 5) is 28.7. The molecule has 3 aromatic rings. The van der Waals surface area contributed by atoms with Crippen molar-refractivity contribution in [3.05, 3.63) is 42.4 Å². The molecule has 5 N–H and O–H groups in total. The number of nitrogens with zero attached hydrogens (tertiary/aromatic N) is 3. The maximum Gasteiger partial charge on any atom is 0.252 e. The van der Waals surface area contributed by atoms with Gasteiger partial charge in [-0.15, -0.1) is 0 Å². The minimum Gasteiger partial charge on any atom is -0.481 e. The summed E-state index contributed by atoms with van der Waals surface area (Å²) in [6, 6.07) is 5.53. The molecule has 3 aromatic heterocycles. The Bertz CT molecular complexity index is 1200. The van der Waals surface area contributed by atoms with Gasteiger partial charge in [0.2, 0.25) is 11.8 Å². The molecule has 9 heteroatoms. The van der Waals surface area contributed by atoms with E-state index in [0.29, 0.717) is 29.1 Å². The number of nitrogens with two attached hydrogens (primary N) is 2. The van der Waals surface area contributed by atoms with Gasteiger partial charge in [0.1, 0.15) is 0 Å². The molecule has 32 heavy (non-hydrogen) atoms. The Kier molecular flexibility index (Phi) is 5.07. The van der Waals surface area contributed by atoms with E-state index in [0.717, 1.165) is 17.5 Å². The summed E-state index contributed by atoms with van der Waals surface area (Å²) < 4.78 is 6.83. The summed E-state index contributed by atoms with van der Waals surface area (Å²) in [5.41, 5.74) is 13.7. The average molecular weight is 437 g/mol. The first kappa shape index (κ1) is 21.6. The lowest BCUT2D eigenvalue weighted by Crippen LogP contribution is -2.48. The van der Waals surface area contributed by atoms with Crippen LogP contribution in [0.5, 0.6) is 5.88 Å². The van der Waals surface area contributed by atoms with Gasteiger partial charge in [-0.25, -0.2) is 9.50 Å². The van der Waals surface area contributed by atoms with Crippen molar-refractivity contribution in [2.24, 2.45) is 22.3 Å². The molecular weight excluding hydrogens is 408 g/mol. The average Bonchev–Trinajstić information content (AvgIpc) is 3.29. The highest BCUT2D eigenvalue weighted by Crippen LogP contribution is 2.53. The van der Waals surface area contributed by atoms with E-state index in [-0.39, 0.29) is 11.9 Å². The van der Waals surface area contributed by atoms with Gasteiger partial charge in [0, 0.05) is 35.6 Å². The first-order valence-electron chi connectivity index (χ1n) is 10.5. The number of hydrogen-bond acceptors (Lipinski definition) is 6. The number of nitrogens with one attached hydrogen (secondary N) is 1. The van der Waals surface area contributed by atoms with Crippen LogP contribution in [-0.4, -0.2) is 39.6 Å². The number of primary amides is 2. The largest absolute Gasteiger partial charge is 0.481 e. The summed E-state index contributed by atoms with van der Waals surface area (Å²) in [6.45, 7) is 5.95. The molecule has 2 atom stereocenters. The monoisotopic (exact) mass is 436 g/mol. The molecule has 1 saturated carbocycles. The number of aromatic nitrogens is 3. The van der Waals surface area contributed by atoms with Crippen molar-refractivity contribution in [3.8, 4) is 17.0 Å². The molecule has 4 rings (SSSR count). The highest BCUT2D eigenvalue weighted by Gasteiger charge is 2.55. The van der Waals surface area contributed by atoms with E-state index in [9.17, 15) is 9.59 Å². The zero-order chi connectivity index (χ0) is 23.3. The third kappa shape index (κ3) is 3.24. The SMILES string of the molecule is COc1ccc(-c2cc3c(N[C@@H]4CC[C@](C)(C(N)=O)C4(C)C)c(C(N)=O)cnn3c2)cn1. The highest BCUT2D eigenvalue weighted by atomic mass is 16.5. The van der Waals surface area contributed by atoms with E-state index in [4.69, 9.17) is 16.2 Å². The second kappa shape index (κ2) is 7.51. The Balaban J connectivity index is 1.79. The maximum absolute atomic E-state index is 12.2.